The first-order chi connectivity index (χ1) is 7.59. The minimum absolute atomic E-state index is 0.0537. The highest BCUT2D eigenvalue weighted by molar-refractivity contribution is 5.72. The molecule has 0 spiro atoms. The van der Waals surface area contributed by atoms with Gasteiger partial charge in [0.05, 0.1) is 0 Å². The van der Waals surface area contributed by atoms with Crippen molar-refractivity contribution in [1.29, 1.82) is 0 Å². The smallest absolute Gasteiger partial charge is 0.248 e. The van der Waals surface area contributed by atoms with Gasteiger partial charge in [-0.2, -0.15) is 0 Å². The van der Waals surface area contributed by atoms with Gasteiger partial charge < -0.3 is 10.3 Å². The lowest BCUT2D eigenvalue weighted by Gasteiger charge is -1.96. The molecule has 1 rings (SSSR count). The molecule has 84 valence electrons. The fourth-order valence-electron chi connectivity index (χ4n) is 1.17. The van der Waals surface area contributed by atoms with E-state index in [9.17, 15) is 9.59 Å². The van der Waals surface area contributed by atoms with E-state index < -0.39 is 0 Å². The van der Waals surface area contributed by atoms with Gasteiger partial charge in [-0.15, -0.1) is 0 Å². The summed E-state index contributed by atoms with van der Waals surface area (Å²) in [5.74, 6) is 5.82. The number of aromatic nitrogens is 1. The van der Waals surface area contributed by atoms with E-state index in [4.69, 9.17) is 0 Å². The Bertz CT molecular complexity index is 492. The van der Waals surface area contributed by atoms with Crippen LogP contribution in [0.15, 0.2) is 16.9 Å². The van der Waals surface area contributed by atoms with Gasteiger partial charge in [-0.25, -0.2) is 0 Å². The van der Waals surface area contributed by atoms with Crippen LogP contribution < -0.4 is 10.9 Å². The molecule has 0 fully saturated rings. The summed E-state index contributed by atoms with van der Waals surface area (Å²) in [4.78, 5) is 24.2. The first kappa shape index (κ1) is 12.1. The maximum Gasteiger partial charge on any atom is 0.248 e. The molecule has 1 heterocycles. The highest BCUT2D eigenvalue weighted by Crippen LogP contribution is 1.98. The molecule has 4 nitrogen and oxygen atoms in total. The van der Waals surface area contributed by atoms with Crippen molar-refractivity contribution in [3.63, 3.8) is 0 Å². The maximum atomic E-state index is 10.9. The standard InChI is InChI=1S/C12H14N2O2/c1-9-11(6-7-12(16)14-9)5-3-4-8-13-10(2)15/h6-7H,4,8H2,1-2H3,(H,13,15)(H,14,16). The monoisotopic (exact) mass is 218 g/mol. The van der Waals surface area contributed by atoms with Gasteiger partial charge in [-0.3, -0.25) is 9.59 Å². The first-order valence-corrected chi connectivity index (χ1v) is 5.03. The van der Waals surface area contributed by atoms with Crippen molar-refractivity contribution in [3.8, 4) is 11.8 Å². The minimum atomic E-state index is -0.124. The zero-order valence-corrected chi connectivity index (χ0v) is 9.39. The van der Waals surface area contributed by atoms with Crippen LogP contribution in [0, 0.1) is 18.8 Å². The molecule has 16 heavy (non-hydrogen) atoms. The van der Waals surface area contributed by atoms with E-state index in [-0.39, 0.29) is 11.5 Å². The highest BCUT2D eigenvalue weighted by atomic mass is 16.1. The Hall–Kier alpha value is -2.02. The summed E-state index contributed by atoms with van der Waals surface area (Å²) in [7, 11) is 0. The molecule has 1 aromatic heterocycles. The molecule has 4 heteroatoms. The van der Waals surface area contributed by atoms with Crippen molar-refractivity contribution in [2.45, 2.75) is 20.3 Å². The predicted molar refractivity (Wildman–Crippen MR) is 62.0 cm³/mol. The number of carbonyl (C=O) groups excluding carboxylic acids is 1. The van der Waals surface area contributed by atoms with Gasteiger partial charge in [0.25, 0.3) is 0 Å². The third kappa shape index (κ3) is 4.01. The number of hydrogen-bond acceptors (Lipinski definition) is 2. The van der Waals surface area contributed by atoms with E-state index in [1.807, 2.05) is 0 Å². The van der Waals surface area contributed by atoms with Gasteiger partial charge in [0.1, 0.15) is 0 Å². The fourth-order valence-corrected chi connectivity index (χ4v) is 1.17. The van der Waals surface area contributed by atoms with Gasteiger partial charge in [0, 0.05) is 37.2 Å². The molecule has 0 aliphatic carbocycles. The molecule has 0 aliphatic heterocycles. The molecule has 1 aromatic rings. The van der Waals surface area contributed by atoms with Crippen LogP contribution in [-0.4, -0.2) is 17.4 Å². The summed E-state index contributed by atoms with van der Waals surface area (Å²) < 4.78 is 0. The van der Waals surface area contributed by atoms with Crippen LogP contribution >= 0.6 is 0 Å². The number of pyridine rings is 1. The van der Waals surface area contributed by atoms with Crippen LogP contribution in [0.25, 0.3) is 0 Å². The minimum Gasteiger partial charge on any atom is -0.355 e. The van der Waals surface area contributed by atoms with Crippen LogP contribution in [0.1, 0.15) is 24.6 Å². The predicted octanol–water partition coefficient (Wildman–Crippen LogP) is 0.561. The average molecular weight is 218 g/mol. The van der Waals surface area contributed by atoms with Crippen LogP contribution in [-0.2, 0) is 4.79 Å². The lowest BCUT2D eigenvalue weighted by Crippen LogP contribution is -2.20. The first-order valence-electron chi connectivity index (χ1n) is 5.03. The lowest BCUT2D eigenvalue weighted by molar-refractivity contribution is -0.118. The molecule has 0 bridgehead atoms. The molecule has 2 N–H and O–H groups in total. The number of aromatic amines is 1. The molecular weight excluding hydrogens is 204 g/mol. The van der Waals surface area contributed by atoms with Gasteiger partial charge in [0.15, 0.2) is 0 Å². The van der Waals surface area contributed by atoms with E-state index in [1.165, 1.54) is 13.0 Å². The van der Waals surface area contributed by atoms with Crippen LogP contribution in [0.4, 0.5) is 0 Å². The summed E-state index contributed by atoms with van der Waals surface area (Å²) in [6.07, 6.45) is 0.595. The quantitative estimate of drug-likeness (QED) is 0.563. The van der Waals surface area contributed by atoms with Crippen LogP contribution in [0.3, 0.4) is 0 Å². The summed E-state index contributed by atoms with van der Waals surface area (Å²) in [6.45, 7) is 3.82. The second kappa shape index (κ2) is 5.76. The Morgan fingerprint density at radius 3 is 2.88 bits per heavy atom. The zero-order chi connectivity index (χ0) is 12.0. The Morgan fingerprint density at radius 1 is 1.50 bits per heavy atom. The summed E-state index contributed by atoms with van der Waals surface area (Å²) >= 11 is 0. The summed E-state index contributed by atoms with van der Waals surface area (Å²) in [6, 6.07) is 3.14. The largest absolute Gasteiger partial charge is 0.355 e. The zero-order valence-electron chi connectivity index (χ0n) is 9.39. The molecule has 0 saturated heterocycles. The van der Waals surface area contributed by atoms with E-state index in [0.717, 1.165) is 11.3 Å². The van der Waals surface area contributed by atoms with E-state index in [1.54, 1.807) is 13.0 Å². The number of H-pyrrole nitrogens is 1. The second-order valence-corrected chi connectivity index (χ2v) is 3.40. The Kier molecular flexibility index (Phi) is 4.34. The highest BCUT2D eigenvalue weighted by Gasteiger charge is 1.93. The van der Waals surface area contributed by atoms with Crippen LogP contribution in [0.2, 0.25) is 0 Å². The van der Waals surface area contributed by atoms with Crippen molar-refractivity contribution in [1.82, 2.24) is 10.3 Å². The van der Waals surface area contributed by atoms with Gasteiger partial charge >= 0.3 is 0 Å². The molecule has 0 aliphatic rings. The molecule has 0 unspecified atom stereocenters. The number of carbonyl (C=O) groups is 1. The molecule has 0 atom stereocenters. The molecular formula is C12H14N2O2. The Balaban J connectivity index is 2.56. The van der Waals surface area contributed by atoms with E-state index >= 15 is 0 Å². The van der Waals surface area contributed by atoms with Crippen molar-refractivity contribution in [2.75, 3.05) is 6.54 Å². The Morgan fingerprint density at radius 2 is 2.25 bits per heavy atom. The Labute approximate surface area is 94.1 Å². The molecule has 0 saturated carbocycles. The fraction of sp³-hybridized carbons (Fsp3) is 0.333. The van der Waals surface area contributed by atoms with Crippen molar-refractivity contribution in [2.24, 2.45) is 0 Å². The van der Waals surface area contributed by atoms with Gasteiger partial charge in [0.2, 0.25) is 11.5 Å². The topological polar surface area (TPSA) is 62.0 Å². The summed E-state index contributed by atoms with van der Waals surface area (Å²) in [5.41, 5.74) is 1.45. The third-order valence-electron chi connectivity index (χ3n) is 1.96. The van der Waals surface area contributed by atoms with Crippen LogP contribution in [0.5, 0.6) is 0 Å². The number of rotatable bonds is 2. The number of amides is 1. The van der Waals surface area contributed by atoms with Crippen molar-refractivity contribution in [3.05, 3.63) is 33.7 Å². The van der Waals surface area contributed by atoms with Gasteiger partial charge in [-0.1, -0.05) is 11.8 Å². The lowest BCUT2D eigenvalue weighted by atomic mass is 10.2. The molecule has 1 amide bonds. The van der Waals surface area contributed by atoms with E-state index in [2.05, 4.69) is 22.1 Å². The summed E-state index contributed by atoms with van der Waals surface area (Å²) in [5, 5.41) is 2.66. The van der Waals surface area contributed by atoms with Crippen molar-refractivity contribution >= 4 is 5.91 Å². The second-order valence-electron chi connectivity index (χ2n) is 3.40. The number of nitrogens with one attached hydrogen (secondary N) is 2. The average Bonchev–Trinajstić information content (AvgIpc) is 2.20. The van der Waals surface area contributed by atoms with E-state index in [0.29, 0.717) is 13.0 Å². The SMILES string of the molecule is CC(=O)NCCC#Cc1ccc(=O)[nH]c1C. The van der Waals surface area contributed by atoms with Gasteiger partial charge in [-0.05, 0) is 13.0 Å². The number of aryl methyl sites for hydroxylation is 1. The molecule has 0 radical (unpaired) electrons. The third-order valence-corrected chi connectivity index (χ3v) is 1.96. The maximum absolute atomic E-state index is 10.9. The molecule has 0 aromatic carbocycles. The normalized spacial score (nSPS) is 9.12. The number of hydrogen-bond donors (Lipinski definition) is 2. The van der Waals surface area contributed by atoms with Crippen molar-refractivity contribution < 1.29 is 4.79 Å².